The predicted octanol–water partition coefficient (Wildman–Crippen LogP) is 1.51. The van der Waals surface area contributed by atoms with Crippen LogP contribution in [0.3, 0.4) is 0 Å². The molecule has 1 aromatic rings. The number of carbonyl (C=O) groups is 2. The lowest BCUT2D eigenvalue weighted by atomic mass is 9.92. The van der Waals surface area contributed by atoms with Crippen LogP contribution in [0.15, 0.2) is 12.1 Å². The van der Waals surface area contributed by atoms with Crippen molar-refractivity contribution in [2.24, 2.45) is 5.41 Å². The third kappa shape index (κ3) is 3.90. The molecule has 0 unspecified atom stereocenters. The molecule has 0 aliphatic heterocycles. The van der Waals surface area contributed by atoms with Gasteiger partial charge >= 0.3 is 0 Å². The molecular formula is C14H19F2N3O2. The molecule has 0 bridgehead atoms. The lowest BCUT2D eigenvalue weighted by Gasteiger charge is -2.22. The summed E-state index contributed by atoms with van der Waals surface area (Å²) in [7, 11) is 2.88. The molecule has 116 valence electrons. The van der Waals surface area contributed by atoms with Crippen LogP contribution in [0.25, 0.3) is 0 Å². The summed E-state index contributed by atoms with van der Waals surface area (Å²) < 4.78 is 27.2. The number of hydrogen-bond acceptors (Lipinski definition) is 3. The Morgan fingerprint density at radius 3 is 2.10 bits per heavy atom. The summed E-state index contributed by atoms with van der Waals surface area (Å²) >= 11 is 0. The van der Waals surface area contributed by atoms with Crippen molar-refractivity contribution in [1.82, 2.24) is 10.6 Å². The van der Waals surface area contributed by atoms with E-state index in [1.54, 1.807) is 13.8 Å². The van der Waals surface area contributed by atoms with Gasteiger partial charge in [0.15, 0.2) is 0 Å². The Hall–Kier alpha value is -2.18. The first kappa shape index (κ1) is 16.9. The molecule has 0 heterocycles. The minimum absolute atomic E-state index is 0.0442. The van der Waals surface area contributed by atoms with Crippen LogP contribution in [-0.2, 0) is 4.79 Å². The van der Waals surface area contributed by atoms with Crippen LogP contribution in [0.5, 0.6) is 0 Å². The normalized spacial score (nSPS) is 11.0. The third-order valence-corrected chi connectivity index (χ3v) is 3.09. The second-order valence-electron chi connectivity index (χ2n) is 5.21. The average molecular weight is 299 g/mol. The van der Waals surface area contributed by atoms with E-state index in [9.17, 15) is 18.4 Å². The zero-order valence-electron chi connectivity index (χ0n) is 12.4. The fourth-order valence-electron chi connectivity index (χ4n) is 1.77. The second kappa shape index (κ2) is 6.51. The third-order valence-electron chi connectivity index (χ3n) is 3.09. The van der Waals surface area contributed by atoms with Gasteiger partial charge in [-0.1, -0.05) is 0 Å². The van der Waals surface area contributed by atoms with Gasteiger partial charge in [-0.25, -0.2) is 8.78 Å². The number of rotatable bonds is 5. The summed E-state index contributed by atoms with van der Waals surface area (Å²) in [4.78, 5) is 23.5. The summed E-state index contributed by atoms with van der Waals surface area (Å²) in [5.74, 6) is -2.60. The van der Waals surface area contributed by atoms with E-state index in [0.717, 1.165) is 12.1 Å². The quantitative estimate of drug-likeness (QED) is 0.772. The standard InChI is InChI=1S/C14H19F2N3O2/c1-14(2,13(21)18-4)7-19-12(20)8-5-9(15)11(17-3)10(16)6-8/h5-6,17H,7H2,1-4H3,(H,18,21)(H,19,20). The summed E-state index contributed by atoms with van der Waals surface area (Å²) in [5.41, 5.74) is -1.26. The smallest absolute Gasteiger partial charge is 0.251 e. The molecule has 3 N–H and O–H groups in total. The molecule has 0 aliphatic rings. The van der Waals surface area contributed by atoms with Gasteiger partial charge in [-0.05, 0) is 26.0 Å². The van der Waals surface area contributed by atoms with Gasteiger partial charge in [0.25, 0.3) is 5.91 Å². The Morgan fingerprint density at radius 2 is 1.67 bits per heavy atom. The highest BCUT2D eigenvalue weighted by atomic mass is 19.1. The molecule has 0 saturated heterocycles. The van der Waals surface area contributed by atoms with E-state index in [0.29, 0.717) is 0 Å². The largest absolute Gasteiger partial charge is 0.383 e. The summed E-state index contributed by atoms with van der Waals surface area (Å²) in [5, 5.41) is 7.35. The number of hydrogen-bond donors (Lipinski definition) is 3. The molecular weight excluding hydrogens is 280 g/mol. The van der Waals surface area contributed by atoms with E-state index < -0.39 is 23.0 Å². The van der Waals surface area contributed by atoms with E-state index in [1.807, 2.05) is 0 Å². The number of amides is 2. The van der Waals surface area contributed by atoms with Gasteiger partial charge < -0.3 is 16.0 Å². The summed E-state index contributed by atoms with van der Waals surface area (Å²) in [6.45, 7) is 3.34. The molecule has 0 aliphatic carbocycles. The van der Waals surface area contributed by atoms with Crippen LogP contribution in [-0.4, -0.2) is 32.5 Å². The summed E-state index contributed by atoms with van der Waals surface area (Å²) in [6, 6.07) is 1.88. The van der Waals surface area contributed by atoms with Crippen molar-refractivity contribution in [2.45, 2.75) is 13.8 Å². The molecule has 0 spiro atoms. The first-order valence-corrected chi connectivity index (χ1v) is 6.40. The monoisotopic (exact) mass is 299 g/mol. The summed E-state index contributed by atoms with van der Waals surface area (Å²) in [6.07, 6.45) is 0. The van der Waals surface area contributed by atoms with Crippen molar-refractivity contribution < 1.29 is 18.4 Å². The van der Waals surface area contributed by atoms with Crippen molar-refractivity contribution in [3.63, 3.8) is 0 Å². The Balaban J connectivity index is 2.84. The first-order valence-electron chi connectivity index (χ1n) is 6.40. The van der Waals surface area contributed by atoms with Crippen molar-refractivity contribution in [3.8, 4) is 0 Å². The Labute approximate surface area is 122 Å². The number of nitrogens with one attached hydrogen (secondary N) is 3. The number of halogens is 2. The predicted molar refractivity (Wildman–Crippen MR) is 76.1 cm³/mol. The highest BCUT2D eigenvalue weighted by Gasteiger charge is 2.27. The molecule has 0 radical (unpaired) electrons. The van der Waals surface area contributed by atoms with Crippen molar-refractivity contribution in [1.29, 1.82) is 0 Å². The molecule has 0 atom stereocenters. The zero-order chi connectivity index (χ0) is 16.2. The van der Waals surface area contributed by atoms with E-state index in [-0.39, 0.29) is 23.7 Å². The van der Waals surface area contributed by atoms with E-state index in [2.05, 4.69) is 16.0 Å². The molecule has 7 heteroatoms. The molecule has 0 aromatic heterocycles. The molecule has 1 rings (SSSR count). The van der Waals surface area contributed by atoms with Gasteiger partial charge in [0.05, 0.1) is 5.41 Å². The van der Waals surface area contributed by atoms with Crippen LogP contribution < -0.4 is 16.0 Å². The van der Waals surface area contributed by atoms with E-state index in [4.69, 9.17) is 0 Å². The first-order chi connectivity index (χ1) is 9.72. The Morgan fingerprint density at radius 1 is 1.14 bits per heavy atom. The van der Waals surface area contributed by atoms with Crippen LogP contribution >= 0.6 is 0 Å². The van der Waals surface area contributed by atoms with Crippen LogP contribution in [0, 0.1) is 17.0 Å². The molecule has 21 heavy (non-hydrogen) atoms. The van der Waals surface area contributed by atoms with Crippen LogP contribution in [0.1, 0.15) is 24.2 Å². The Kier molecular flexibility index (Phi) is 5.23. The SMILES string of the molecule is CNC(=O)C(C)(C)CNC(=O)c1cc(F)c(NC)c(F)c1. The van der Waals surface area contributed by atoms with Crippen LogP contribution in [0.4, 0.5) is 14.5 Å². The number of benzene rings is 1. The minimum Gasteiger partial charge on any atom is -0.383 e. The van der Waals surface area contributed by atoms with Gasteiger partial charge in [0.2, 0.25) is 5.91 Å². The number of anilines is 1. The fraction of sp³-hybridized carbons (Fsp3) is 0.429. The molecule has 2 amide bonds. The highest BCUT2D eigenvalue weighted by Crippen LogP contribution is 2.20. The van der Waals surface area contributed by atoms with Gasteiger partial charge in [0, 0.05) is 26.2 Å². The van der Waals surface area contributed by atoms with Gasteiger partial charge in [0.1, 0.15) is 17.3 Å². The lowest BCUT2D eigenvalue weighted by Crippen LogP contribution is -2.43. The second-order valence-corrected chi connectivity index (χ2v) is 5.21. The van der Waals surface area contributed by atoms with Gasteiger partial charge in [-0.3, -0.25) is 9.59 Å². The molecule has 0 fully saturated rings. The maximum atomic E-state index is 13.6. The fourth-order valence-corrected chi connectivity index (χ4v) is 1.77. The van der Waals surface area contributed by atoms with E-state index in [1.165, 1.54) is 14.1 Å². The van der Waals surface area contributed by atoms with Crippen molar-refractivity contribution in [2.75, 3.05) is 26.0 Å². The lowest BCUT2D eigenvalue weighted by molar-refractivity contribution is -0.128. The molecule has 5 nitrogen and oxygen atoms in total. The molecule has 1 aromatic carbocycles. The maximum Gasteiger partial charge on any atom is 0.251 e. The van der Waals surface area contributed by atoms with E-state index >= 15 is 0 Å². The van der Waals surface area contributed by atoms with Gasteiger partial charge in [-0.15, -0.1) is 0 Å². The van der Waals surface area contributed by atoms with Crippen LogP contribution in [0.2, 0.25) is 0 Å². The van der Waals surface area contributed by atoms with Crippen molar-refractivity contribution in [3.05, 3.63) is 29.3 Å². The molecule has 0 saturated carbocycles. The van der Waals surface area contributed by atoms with Crippen molar-refractivity contribution >= 4 is 17.5 Å². The van der Waals surface area contributed by atoms with Gasteiger partial charge in [-0.2, -0.15) is 0 Å². The zero-order valence-corrected chi connectivity index (χ0v) is 12.4. The number of carbonyl (C=O) groups excluding carboxylic acids is 2. The topological polar surface area (TPSA) is 70.2 Å². The maximum absolute atomic E-state index is 13.6. The highest BCUT2D eigenvalue weighted by molar-refractivity contribution is 5.95. The average Bonchev–Trinajstić information content (AvgIpc) is 2.43. The Bertz CT molecular complexity index is 536. The minimum atomic E-state index is -0.854.